The second-order valence-corrected chi connectivity index (χ2v) is 16.5. The molecule has 0 spiro atoms. The maximum atomic E-state index is 13.1. The van der Waals surface area contributed by atoms with Crippen LogP contribution in [0.2, 0.25) is 0 Å². The van der Waals surface area contributed by atoms with Crippen LogP contribution >= 0.6 is 7.82 Å². The van der Waals surface area contributed by atoms with Crippen molar-refractivity contribution in [3.8, 4) is 0 Å². The molecule has 0 rings (SSSR count). The van der Waals surface area contributed by atoms with Gasteiger partial charge in [0.25, 0.3) is 0 Å². The summed E-state index contributed by atoms with van der Waals surface area (Å²) in [6.45, 7) is 9.44. The minimum absolute atomic E-state index is 0.0562. The molecule has 0 amide bonds. The molecule has 0 aromatic carbocycles. The van der Waals surface area contributed by atoms with E-state index in [4.69, 9.17) is 32.7 Å². The molecule has 0 aliphatic heterocycles. The number of phosphoric acid groups is 1. The Labute approximate surface area is 327 Å². The fraction of sp³-hybridized carbons (Fsp3) is 0.875. The molecule has 0 aromatic heterocycles. The Kier molecular flexibility index (Phi) is 33.0. The highest BCUT2D eigenvalue weighted by molar-refractivity contribution is 7.48. The zero-order valence-corrected chi connectivity index (χ0v) is 35.8. The van der Waals surface area contributed by atoms with E-state index in [1.807, 2.05) is 21.1 Å². The zero-order valence-electron chi connectivity index (χ0n) is 34.9. The van der Waals surface area contributed by atoms with Crippen LogP contribution in [0.5, 0.6) is 0 Å². The molecule has 0 fully saturated rings. The molecule has 0 radical (unpaired) electrons. The molecule has 0 aliphatic carbocycles. The van der Waals surface area contributed by atoms with E-state index < -0.39 is 32.5 Å². The third kappa shape index (κ3) is 34.5. The molecule has 0 saturated heterocycles. The standard InChI is InChI=1S/C40H77NO12P/c1-8-10-12-18-24-31-47-36(3)26-20-14-15-22-28-39(43)49-34-37(35-51-54(45,53-46-7)50-33-30-41(4,5)6)52-40(44)29-23-17-16-21-27-38(42)48-32-25-19-13-11-9-2/h37H,3,8-35H2,1-2,4-7H3/q+1. The van der Waals surface area contributed by atoms with Gasteiger partial charge in [-0.2, -0.15) is 0 Å². The number of nitrogens with zero attached hydrogens (tertiary/aromatic N) is 1. The molecule has 54 heavy (non-hydrogen) atoms. The van der Waals surface area contributed by atoms with Crippen LogP contribution in [0.25, 0.3) is 0 Å². The second kappa shape index (κ2) is 34.2. The molecule has 0 heterocycles. The number of ether oxygens (including phenoxy) is 4. The lowest BCUT2D eigenvalue weighted by molar-refractivity contribution is -0.870. The lowest BCUT2D eigenvalue weighted by atomic mass is 10.1. The highest BCUT2D eigenvalue weighted by atomic mass is 31.2. The lowest BCUT2D eigenvalue weighted by Gasteiger charge is -2.25. The molecule has 0 bridgehead atoms. The van der Waals surface area contributed by atoms with Crippen molar-refractivity contribution < 1.29 is 61.0 Å². The number of rotatable bonds is 39. The van der Waals surface area contributed by atoms with Crippen LogP contribution in [0.3, 0.4) is 0 Å². The summed E-state index contributed by atoms with van der Waals surface area (Å²) >= 11 is 0. The monoisotopic (exact) mass is 795 g/mol. The number of carbonyl (C=O) groups excluding carboxylic acids is 3. The van der Waals surface area contributed by atoms with Crippen molar-refractivity contribution in [1.82, 2.24) is 0 Å². The molecule has 13 nitrogen and oxygen atoms in total. The van der Waals surface area contributed by atoms with Gasteiger partial charge in [-0.15, -0.1) is 4.67 Å². The number of likely N-dealkylation sites (N-methyl/N-ethyl adjacent to an activating group) is 1. The first kappa shape index (κ1) is 52.0. The number of phosphoric ester groups is 1. The SMILES string of the molecule is C=C(CCCCCCC(=O)OCC(COP(=O)(OCC[N+](C)(C)C)OOC)OC(=O)CCCCCCC(=O)OCCCCCCC)OCCCCCCC. The molecule has 0 N–H and O–H groups in total. The molecule has 0 aromatic rings. The summed E-state index contributed by atoms with van der Waals surface area (Å²) in [5, 5.41) is 0. The van der Waals surface area contributed by atoms with Crippen LogP contribution in [0.15, 0.2) is 12.3 Å². The summed E-state index contributed by atoms with van der Waals surface area (Å²) in [4.78, 5) is 41.9. The van der Waals surface area contributed by atoms with Gasteiger partial charge in [-0.25, -0.2) is 9.45 Å². The number of quaternary nitrogens is 1. The fourth-order valence-electron chi connectivity index (χ4n) is 5.19. The van der Waals surface area contributed by atoms with Gasteiger partial charge < -0.3 is 23.4 Å². The summed E-state index contributed by atoms with van der Waals surface area (Å²) in [6.07, 6.45) is 18.0. The average molecular weight is 795 g/mol. The van der Waals surface area contributed by atoms with Crippen LogP contribution in [0, 0.1) is 0 Å². The largest absolute Gasteiger partial charge is 0.502 e. The lowest BCUT2D eigenvalue weighted by Crippen LogP contribution is -2.37. The van der Waals surface area contributed by atoms with Crippen molar-refractivity contribution in [1.29, 1.82) is 0 Å². The van der Waals surface area contributed by atoms with Gasteiger partial charge in [0, 0.05) is 25.7 Å². The van der Waals surface area contributed by atoms with Gasteiger partial charge in [0.2, 0.25) is 0 Å². The van der Waals surface area contributed by atoms with E-state index in [2.05, 4.69) is 25.3 Å². The molecule has 14 heteroatoms. The highest BCUT2D eigenvalue weighted by Gasteiger charge is 2.32. The summed E-state index contributed by atoms with van der Waals surface area (Å²) < 4.78 is 51.4. The van der Waals surface area contributed by atoms with Crippen LogP contribution in [-0.2, 0) is 56.5 Å². The molecule has 318 valence electrons. The predicted octanol–water partition coefficient (Wildman–Crippen LogP) is 9.56. The van der Waals surface area contributed by atoms with Crippen molar-refractivity contribution in [2.75, 3.05) is 67.8 Å². The van der Waals surface area contributed by atoms with Crippen molar-refractivity contribution in [3.63, 3.8) is 0 Å². The topological polar surface area (TPSA) is 142 Å². The second-order valence-electron chi connectivity index (χ2n) is 14.9. The molecule has 2 unspecified atom stereocenters. The number of unbranched alkanes of at least 4 members (excludes halogenated alkanes) is 14. The van der Waals surface area contributed by atoms with Crippen LogP contribution in [0.1, 0.15) is 155 Å². The fourth-order valence-corrected chi connectivity index (χ4v) is 6.18. The van der Waals surface area contributed by atoms with Crippen molar-refractivity contribution in [2.45, 2.75) is 161 Å². The third-order valence-corrected chi connectivity index (χ3v) is 9.78. The Hall–Kier alpha value is -2.02. The van der Waals surface area contributed by atoms with Gasteiger partial charge >= 0.3 is 25.7 Å². The van der Waals surface area contributed by atoms with E-state index in [0.29, 0.717) is 43.3 Å². The molecular weight excluding hydrogens is 717 g/mol. The van der Waals surface area contributed by atoms with E-state index in [-0.39, 0.29) is 32.0 Å². The van der Waals surface area contributed by atoms with Crippen LogP contribution in [0.4, 0.5) is 0 Å². The van der Waals surface area contributed by atoms with E-state index in [1.54, 1.807) is 0 Å². The first-order valence-corrected chi connectivity index (χ1v) is 22.0. The van der Waals surface area contributed by atoms with Gasteiger partial charge in [-0.1, -0.05) is 97.5 Å². The number of hydrogen-bond acceptors (Lipinski definition) is 12. The Morgan fingerprint density at radius 3 is 1.59 bits per heavy atom. The number of carbonyl (C=O) groups is 3. The van der Waals surface area contributed by atoms with Crippen LogP contribution in [-0.4, -0.2) is 96.3 Å². The Balaban J connectivity index is 4.70. The normalized spacial score (nSPS) is 13.2. The molecule has 0 saturated carbocycles. The number of allylic oxidation sites excluding steroid dienone is 1. The maximum Gasteiger partial charge on any atom is 0.502 e. The maximum absolute atomic E-state index is 13.1. The number of hydrogen-bond donors (Lipinski definition) is 0. The van der Waals surface area contributed by atoms with Gasteiger partial charge in [-0.05, 0) is 38.5 Å². The first-order valence-electron chi connectivity index (χ1n) is 20.6. The van der Waals surface area contributed by atoms with Crippen molar-refractivity contribution in [2.24, 2.45) is 0 Å². The van der Waals surface area contributed by atoms with Gasteiger partial charge in [0.15, 0.2) is 6.10 Å². The summed E-state index contributed by atoms with van der Waals surface area (Å²) in [5.41, 5.74) is 0. The Bertz CT molecular complexity index is 1020. The van der Waals surface area contributed by atoms with Gasteiger partial charge in [0.05, 0.1) is 53.8 Å². The zero-order chi connectivity index (χ0) is 40.3. The molecular formula is C40H77NO12P+. The summed E-state index contributed by atoms with van der Waals surface area (Å²) in [5.74, 6) is -0.323. The van der Waals surface area contributed by atoms with E-state index in [0.717, 1.165) is 76.6 Å². The Morgan fingerprint density at radius 2 is 1.06 bits per heavy atom. The predicted molar refractivity (Wildman–Crippen MR) is 210 cm³/mol. The van der Waals surface area contributed by atoms with Gasteiger partial charge in [0.1, 0.15) is 19.8 Å². The minimum Gasteiger partial charge on any atom is -0.499 e. The van der Waals surface area contributed by atoms with Crippen LogP contribution < -0.4 is 0 Å². The third-order valence-electron chi connectivity index (χ3n) is 8.49. The van der Waals surface area contributed by atoms with E-state index in [1.165, 1.54) is 45.6 Å². The summed E-state index contributed by atoms with van der Waals surface area (Å²) in [7, 11) is 2.86. The van der Waals surface area contributed by atoms with Crippen molar-refractivity contribution >= 4 is 25.7 Å². The summed E-state index contributed by atoms with van der Waals surface area (Å²) in [6, 6.07) is 0. The first-order chi connectivity index (χ1) is 25.8. The van der Waals surface area contributed by atoms with Crippen molar-refractivity contribution in [3.05, 3.63) is 12.3 Å². The average Bonchev–Trinajstić information content (AvgIpc) is 3.11. The van der Waals surface area contributed by atoms with Gasteiger partial charge in [-0.3, -0.25) is 23.4 Å². The highest BCUT2D eigenvalue weighted by Crippen LogP contribution is 2.49. The minimum atomic E-state index is -4.17. The quantitative estimate of drug-likeness (QED) is 0.00855. The molecule has 0 aliphatic rings. The smallest absolute Gasteiger partial charge is 0.499 e. The van der Waals surface area contributed by atoms with E-state index >= 15 is 0 Å². The van der Waals surface area contributed by atoms with E-state index in [9.17, 15) is 18.9 Å². The Morgan fingerprint density at radius 1 is 0.574 bits per heavy atom. The molecule has 2 atom stereocenters. The number of esters is 3.